The molecule has 2 aromatic rings. The average molecular weight is 204 g/mol. The van der Waals surface area contributed by atoms with E-state index in [1.165, 1.54) is 16.6 Å². The van der Waals surface area contributed by atoms with Crippen molar-refractivity contribution in [1.29, 1.82) is 0 Å². The van der Waals surface area contributed by atoms with Crippen molar-refractivity contribution in [3.8, 4) is 5.75 Å². The van der Waals surface area contributed by atoms with E-state index < -0.39 is 0 Å². The molecule has 0 saturated heterocycles. The summed E-state index contributed by atoms with van der Waals surface area (Å²) in [4.78, 5) is 3.38. The standard InChI is InChI=1S/C12H16N2O/c1-8-9(6-7-13)14-10-4-3-5-11(15-2)12(8)10/h3-5,14H,6-7,13H2,1-2H3. The Labute approximate surface area is 89.2 Å². The van der Waals surface area contributed by atoms with Gasteiger partial charge < -0.3 is 15.5 Å². The molecule has 0 fully saturated rings. The molecule has 3 nitrogen and oxygen atoms in total. The van der Waals surface area contributed by atoms with Gasteiger partial charge in [-0.1, -0.05) is 6.07 Å². The van der Waals surface area contributed by atoms with Gasteiger partial charge in [0.15, 0.2) is 0 Å². The summed E-state index contributed by atoms with van der Waals surface area (Å²) in [6, 6.07) is 6.03. The fraction of sp³-hybridized carbons (Fsp3) is 0.333. The van der Waals surface area contributed by atoms with E-state index in [1.807, 2.05) is 12.1 Å². The van der Waals surface area contributed by atoms with Gasteiger partial charge in [0, 0.05) is 23.0 Å². The van der Waals surface area contributed by atoms with Gasteiger partial charge in [0.1, 0.15) is 5.75 Å². The molecule has 0 aliphatic heterocycles. The van der Waals surface area contributed by atoms with Crippen LogP contribution in [0.3, 0.4) is 0 Å². The Morgan fingerprint density at radius 2 is 2.20 bits per heavy atom. The third-order valence-electron chi connectivity index (χ3n) is 2.75. The summed E-state index contributed by atoms with van der Waals surface area (Å²) in [6.45, 7) is 2.77. The van der Waals surface area contributed by atoms with Gasteiger partial charge in [-0.15, -0.1) is 0 Å². The normalized spacial score (nSPS) is 10.9. The number of rotatable bonds is 3. The molecule has 0 spiro atoms. The number of H-pyrrole nitrogens is 1. The molecule has 3 heteroatoms. The molecule has 15 heavy (non-hydrogen) atoms. The largest absolute Gasteiger partial charge is 0.496 e. The first-order valence-electron chi connectivity index (χ1n) is 5.12. The lowest BCUT2D eigenvalue weighted by Gasteiger charge is -2.02. The first-order valence-corrected chi connectivity index (χ1v) is 5.12. The summed E-state index contributed by atoms with van der Waals surface area (Å²) in [5, 5.41) is 1.17. The van der Waals surface area contributed by atoms with Crippen LogP contribution in [0, 0.1) is 6.92 Å². The number of hydrogen-bond donors (Lipinski definition) is 2. The number of nitrogens with one attached hydrogen (secondary N) is 1. The maximum Gasteiger partial charge on any atom is 0.128 e. The van der Waals surface area contributed by atoms with Crippen molar-refractivity contribution in [3.05, 3.63) is 29.5 Å². The minimum atomic E-state index is 0.663. The molecule has 0 bridgehead atoms. The number of aryl methyl sites for hydroxylation is 1. The summed E-state index contributed by atoms with van der Waals surface area (Å²) in [7, 11) is 1.70. The molecule has 1 aromatic carbocycles. The van der Waals surface area contributed by atoms with E-state index >= 15 is 0 Å². The van der Waals surface area contributed by atoms with Crippen molar-refractivity contribution in [3.63, 3.8) is 0 Å². The Kier molecular flexibility index (Phi) is 2.64. The van der Waals surface area contributed by atoms with Crippen molar-refractivity contribution in [1.82, 2.24) is 4.98 Å². The maximum absolute atomic E-state index is 5.57. The number of fused-ring (bicyclic) bond motifs is 1. The number of benzene rings is 1. The molecule has 0 aliphatic rings. The molecule has 0 saturated carbocycles. The van der Waals surface area contributed by atoms with Crippen LogP contribution in [0.5, 0.6) is 5.75 Å². The van der Waals surface area contributed by atoms with Gasteiger partial charge in [-0.3, -0.25) is 0 Å². The van der Waals surface area contributed by atoms with Gasteiger partial charge in [-0.2, -0.15) is 0 Å². The zero-order valence-electron chi connectivity index (χ0n) is 9.13. The summed E-state index contributed by atoms with van der Waals surface area (Å²) in [5.41, 5.74) is 9.14. The van der Waals surface area contributed by atoms with E-state index in [1.54, 1.807) is 7.11 Å². The zero-order valence-corrected chi connectivity index (χ0v) is 9.13. The van der Waals surface area contributed by atoms with Gasteiger partial charge in [-0.05, 0) is 31.2 Å². The van der Waals surface area contributed by atoms with Crippen LogP contribution in [-0.2, 0) is 6.42 Å². The molecular weight excluding hydrogens is 188 g/mol. The van der Waals surface area contributed by atoms with Crippen molar-refractivity contribution in [2.75, 3.05) is 13.7 Å². The minimum absolute atomic E-state index is 0.663. The minimum Gasteiger partial charge on any atom is -0.496 e. The van der Waals surface area contributed by atoms with Gasteiger partial charge >= 0.3 is 0 Å². The Morgan fingerprint density at radius 3 is 2.87 bits per heavy atom. The first kappa shape index (κ1) is 10.1. The molecule has 1 heterocycles. The number of aromatic amines is 1. The zero-order chi connectivity index (χ0) is 10.8. The van der Waals surface area contributed by atoms with Crippen molar-refractivity contribution in [2.45, 2.75) is 13.3 Å². The Morgan fingerprint density at radius 1 is 1.40 bits per heavy atom. The first-order chi connectivity index (χ1) is 7.27. The third-order valence-corrected chi connectivity index (χ3v) is 2.75. The molecule has 1 aromatic heterocycles. The molecule has 80 valence electrons. The molecular formula is C12H16N2O. The molecule has 0 amide bonds. The highest BCUT2D eigenvalue weighted by Crippen LogP contribution is 2.30. The van der Waals surface area contributed by atoms with E-state index in [0.717, 1.165) is 17.7 Å². The molecule has 3 N–H and O–H groups in total. The van der Waals surface area contributed by atoms with Crippen LogP contribution in [0.25, 0.3) is 10.9 Å². The summed E-state index contributed by atoms with van der Waals surface area (Å²) < 4.78 is 5.35. The number of aromatic nitrogens is 1. The summed E-state index contributed by atoms with van der Waals surface area (Å²) in [6.07, 6.45) is 0.879. The van der Waals surface area contributed by atoms with Crippen LogP contribution in [-0.4, -0.2) is 18.6 Å². The van der Waals surface area contributed by atoms with Crippen LogP contribution < -0.4 is 10.5 Å². The molecule has 0 atom stereocenters. The molecule has 0 radical (unpaired) electrons. The second-order valence-corrected chi connectivity index (χ2v) is 3.65. The van der Waals surface area contributed by atoms with Crippen LogP contribution >= 0.6 is 0 Å². The summed E-state index contributed by atoms with van der Waals surface area (Å²) >= 11 is 0. The van der Waals surface area contributed by atoms with Gasteiger partial charge in [0.05, 0.1) is 7.11 Å². The fourth-order valence-electron chi connectivity index (χ4n) is 1.99. The quantitative estimate of drug-likeness (QED) is 0.803. The van der Waals surface area contributed by atoms with Crippen LogP contribution in [0.15, 0.2) is 18.2 Å². The highest BCUT2D eigenvalue weighted by Gasteiger charge is 2.10. The lowest BCUT2D eigenvalue weighted by molar-refractivity contribution is 0.419. The molecule has 0 unspecified atom stereocenters. The number of ether oxygens (including phenoxy) is 1. The average Bonchev–Trinajstić information content (AvgIpc) is 2.57. The van der Waals surface area contributed by atoms with Crippen LogP contribution in [0.2, 0.25) is 0 Å². The maximum atomic E-state index is 5.57. The Bertz CT molecular complexity index is 474. The van der Waals surface area contributed by atoms with Crippen molar-refractivity contribution in [2.24, 2.45) is 5.73 Å². The highest BCUT2D eigenvalue weighted by atomic mass is 16.5. The van der Waals surface area contributed by atoms with E-state index in [9.17, 15) is 0 Å². The third kappa shape index (κ3) is 1.59. The lowest BCUT2D eigenvalue weighted by atomic mass is 10.1. The van der Waals surface area contributed by atoms with Crippen molar-refractivity contribution < 1.29 is 4.74 Å². The Hall–Kier alpha value is -1.48. The predicted octanol–water partition coefficient (Wildman–Crippen LogP) is 1.99. The van der Waals surface area contributed by atoms with E-state index in [-0.39, 0.29) is 0 Å². The van der Waals surface area contributed by atoms with Crippen molar-refractivity contribution >= 4 is 10.9 Å². The SMILES string of the molecule is COc1cccc2[nH]c(CCN)c(C)c12. The van der Waals surface area contributed by atoms with E-state index in [0.29, 0.717) is 6.54 Å². The Balaban J connectivity index is 2.65. The van der Waals surface area contributed by atoms with Crippen LogP contribution in [0.1, 0.15) is 11.3 Å². The second-order valence-electron chi connectivity index (χ2n) is 3.65. The van der Waals surface area contributed by atoms with Gasteiger partial charge in [0.2, 0.25) is 0 Å². The van der Waals surface area contributed by atoms with Gasteiger partial charge in [0.25, 0.3) is 0 Å². The molecule has 0 aliphatic carbocycles. The monoisotopic (exact) mass is 204 g/mol. The van der Waals surface area contributed by atoms with Gasteiger partial charge in [-0.25, -0.2) is 0 Å². The number of nitrogens with two attached hydrogens (primary N) is 1. The predicted molar refractivity (Wildman–Crippen MR) is 62.3 cm³/mol. The lowest BCUT2D eigenvalue weighted by Crippen LogP contribution is -2.03. The highest BCUT2D eigenvalue weighted by molar-refractivity contribution is 5.90. The van der Waals surface area contributed by atoms with E-state index in [4.69, 9.17) is 10.5 Å². The number of hydrogen-bond acceptors (Lipinski definition) is 2. The second kappa shape index (κ2) is 3.95. The topological polar surface area (TPSA) is 51.0 Å². The van der Waals surface area contributed by atoms with Crippen LogP contribution in [0.4, 0.5) is 0 Å². The van der Waals surface area contributed by atoms with E-state index in [2.05, 4.69) is 18.0 Å². The molecule has 2 rings (SSSR count). The smallest absolute Gasteiger partial charge is 0.128 e. The summed E-state index contributed by atoms with van der Waals surface area (Å²) in [5.74, 6) is 0.921. The number of methoxy groups -OCH3 is 1. The fourth-order valence-corrected chi connectivity index (χ4v) is 1.99.